The Balaban J connectivity index is 1.36. The molecule has 4 aromatic rings. The Kier molecular flexibility index (Phi) is 9.07. The molecule has 1 N–H and O–H groups in total. The van der Waals surface area contributed by atoms with E-state index < -0.39 is 36.1 Å². The van der Waals surface area contributed by atoms with Gasteiger partial charge in [-0.3, -0.25) is 4.79 Å². The van der Waals surface area contributed by atoms with Gasteiger partial charge in [0.05, 0.1) is 17.8 Å². The maximum Gasteiger partial charge on any atom is 0.271 e. The minimum Gasteiger partial charge on any atom is -0.375 e. The van der Waals surface area contributed by atoms with E-state index in [0.717, 1.165) is 5.56 Å². The number of ether oxygens (including phenoxy) is 4. The average molecular weight is 650 g/mol. The number of nitrogens with one attached hydrogen (secondary N) is 1. The van der Waals surface area contributed by atoms with Crippen molar-refractivity contribution in [3.8, 4) is 10.7 Å². The van der Waals surface area contributed by atoms with Crippen molar-refractivity contribution in [3.05, 3.63) is 75.6 Å². The Morgan fingerprint density at radius 2 is 2.10 bits per heavy atom. The van der Waals surface area contributed by atoms with Crippen molar-refractivity contribution in [1.29, 1.82) is 0 Å². The van der Waals surface area contributed by atoms with Gasteiger partial charge in [0.25, 0.3) is 5.91 Å². The zero-order valence-corrected chi connectivity index (χ0v) is 25.6. The normalized spacial score (nSPS) is 25.6. The van der Waals surface area contributed by atoms with Gasteiger partial charge in [0, 0.05) is 35.7 Å². The molecule has 0 saturated carbocycles. The molecule has 1 amide bonds. The predicted molar refractivity (Wildman–Crippen MR) is 158 cm³/mol. The van der Waals surface area contributed by atoms with Crippen LogP contribution in [0.4, 0.5) is 0 Å². The van der Waals surface area contributed by atoms with Gasteiger partial charge < -0.3 is 24.3 Å². The molecular weight excluding hydrogens is 623 g/mol. The highest BCUT2D eigenvalue weighted by atomic mass is 35.5. The third kappa shape index (κ3) is 6.06. The lowest BCUT2D eigenvalue weighted by Gasteiger charge is -2.48. The maximum atomic E-state index is 12.8. The highest BCUT2D eigenvalue weighted by Crippen LogP contribution is 2.45. The molecule has 15 heteroatoms. The van der Waals surface area contributed by atoms with E-state index in [1.54, 1.807) is 29.4 Å². The summed E-state index contributed by atoms with van der Waals surface area (Å²) < 4.78 is 27.0. The molecule has 4 unspecified atom stereocenters. The van der Waals surface area contributed by atoms with Crippen molar-refractivity contribution >= 4 is 52.2 Å². The lowest BCUT2D eigenvalue weighted by Crippen LogP contribution is -2.59. The van der Waals surface area contributed by atoms with Crippen LogP contribution in [-0.2, 0) is 18.9 Å². The van der Waals surface area contributed by atoms with E-state index in [-0.39, 0.29) is 18.2 Å². The molecular formula is C27H26Cl2N6O5S2. The maximum absolute atomic E-state index is 12.8. The molecule has 0 aliphatic carbocycles. The Morgan fingerprint density at radius 3 is 2.83 bits per heavy atom. The smallest absolute Gasteiger partial charge is 0.271 e. The third-order valence-corrected chi connectivity index (χ3v) is 9.35. The van der Waals surface area contributed by atoms with Gasteiger partial charge >= 0.3 is 0 Å². The standard InChI is InChI=1S/C27H26Cl2N6O5S2/c1-3-30-24(36)20-18(9-15(28)10-31-20)42-27-23(37-2)21(35-11-16(33-34-35)25-32-19(29)13-41-25)22-17(39-27)12-38-26(40-22)14-7-5-4-6-8-14/h4-11,13,17,21-23,26-27H,3,12H2,1-2H3,(H,30,36)/t17?,21?,22-,23?,26?,27+/m0/s1. The lowest BCUT2D eigenvalue weighted by atomic mass is 9.96. The number of rotatable bonds is 8. The summed E-state index contributed by atoms with van der Waals surface area (Å²) in [5, 5.41) is 14.8. The van der Waals surface area contributed by atoms with Crippen LogP contribution in [0, 0.1) is 0 Å². The quantitative estimate of drug-likeness (QED) is 0.278. The Bertz CT molecular complexity index is 1540. The first-order valence-corrected chi connectivity index (χ1v) is 15.6. The van der Waals surface area contributed by atoms with Gasteiger partial charge in [0.15, 0.2) is 6.29 Å². The Hall–Kier alpha value is -2.62. The van der Waals surface area contributed by atoms with E-state index in [1.165, 1.54) is 29.3 Å². The molecule has 11 nitrogen and oxygen atoms in total. The molecule has 42 heavy (non-hydrogen) atoms. The monoisotopic (exact) mass is 648 g/mol. The van der Waals surface area contributed by atoms with Gasteiger partial charge in [0.1, 0.15) is 51.3 Å². The van der Waals surface area contributed by atoms with Crippen LogP contribution in [0.15, 0.2) is 59.1 Å². The van der Waals surface area contributed by atoms with E-state index in [9.17, 15) is 4.79 Å². The molecule has 0 spiro atoms. The van der Waals surface area contributed by atoms with Crippen LogP contribution < -0.4 is 5.32 Å². The second-order valence-corrected chi connectivity index (χ2v) is 12.3. The molecule has 2 saturated heterocycles. The van der Waals surface area contributed by atoms with E-state index >= 15 is 0 Å². The summed E-state index contributed by atoms with van der Waals surface area (Å²) in [6.07, 6.45) is 1.04. The summed E-state index contributed by atoms with van der Waals surface area (Å²) >= 11 is 15.0. The van der Waals surface area contributed by atoms with Gasteiger partial charge in [-0.25, -0.2) is 14.6 Å². The molecule has 220 valence electrons. The molecule has 6 rings (SSSR count). The molecule has 5 heterocycles. The second-order valence-electron chi connectivity index (χ2n) is 9.45. The van der Waals surface area contributed by atoms with Crippen LogP contribution in [0.2, 0.25) is 10.2 Å². The zero-order valence-electron chi connectivity index (χ0n) is 22.4. The number of hydrogen-bond acceptors (Lipinski definition) is 11. The predicted octanol–water partition coefficient (Wildman–Crippen LogP) is 5.04. The van der Waals surface area contributed by atoms with Gasteiger partial charge in [0.2, 0.25) is 0 Å². The van der Waals surface area contributed by atoms with E-state index in [0.29, 0.717) is 32.3 Å². The first-order chi connectivity index (χ1) is 20.4. The van der Waals surface area contributed by atoms with Crippen LogP contribution in [0.1, 0.15) is 35.3 Å². The number of methoxy groups -OCH3 is 1. The fourth-order valence-corrected chi connectivity index (χ4v) is 7.36. The fourth-order valence-electron chi connectivity index (χ4n) is 4.94. The zero-order chi connectivity index (χ0) is 29.2. The Labute approximate surface area is 259 Å². The summed E-state index contributed by atoms with van der Waals surface area (Å²) in [5.41, 5.74) is 1.08. The summed E-state index contributed by atoms with van der Waals surface area (Å²) in [6, 6.07) is 10.9. The van der Waals surface area contributed by atoms with Crippen molar-refractivity contribution in [2.45, 2.75) is 47.9 Å². The van der Waals surface area contributed by atoms with Crippen molar-refractivity contribution in [3.63, 3.8) is 0 Å². The average Bonchev–Trinajstić information content (AvgIpc) is 3.66. The minimum absolute atomic E-state index is 0.243. The largest absolute Gasteiger partial charge is 0.375 e. The number of benzene rings is 1. The highest BCUT2D eigenvalue weighted by Gasteiger charge is 2.52. The topological polar surface area (TPSA) is 123 Å². The molecule has 2 aliphatic rings. The number of amides is 1. The van der Waals surface area contributed by atoms with E-state index in [4.69, 9.17) is 42.1 Å². The molecule has 2 fully saturated rings. The van der Waals surface area contributed by atoms with Crippen LogP contribution in [0.25, 0.3) is 10.7 Å². The van der Waals surface area contributed by atoms with Gasteiger partial charge in [-0.1, -0.05) is 70.5 Å². The van der Waals surface area contributed by atoms with E-state index in [2.05, 4.69) is 25.6 Å². The number of carbonyl (C=O) groups excluding carboxylic acids is 1. The molecule has 3 aromatic heterocycles. The van der Waals surface area contributed by atoms with Crippen LogP contribution in [-0.4, -0.2) is 74.9 Å². The SMILES string of the molecule is CCNC(=O)c1ncc(Cl)cc1S[C@H]1OC2COC(c3ccccc3)O[C@@H]2C(n2cc(-c3nc(Cl)cs3)nn2)C1OC. The number of hydrogen-bond donors (Lipinski definition) is 1. The Morgan fingerprint density at radius 1 is 1.26 bits per heavy atom. The summed E-state index contributed by atoms with van der Waals surface area (Å²) in [4.78, 5) is 22.0. The van der Waals surface area contributed by atoms with Crippen molar-refractivity contribution in [1.82, 2.24) is 30.3 Å². The number of pyridine rings is 1. The first-order valence-electron chi connectivity index (χ1n) is 13.1. The summed E-state index contributed by atoms with van der Waals surface area (Å²) in [6.45, 7) is 2.55. The fraction of sp³-hybridized carbons (Fsp3) is 0.370. The lowest BCUT2D eigenvalue weighted by molar-refractivity contribution is -0.308. The van der Waals surface area contributed by atoms with Crippen LogP contribution >= 0.6 is 46.3 Å². The number of aromatic nitrogens is 5. The number of thioether (sulfide) groups is 1. The van der Waals surface area contributed by atoms with Crippen molar-refractivity contribution in [2.24, 2.45) is 0 Å². The second kappa shape index (κ2) is 12.9. The molecule has 6 atom stereocenters. The summed E-state index contributed by atoms with van der Waals surface area (Å²) in [5.74, 6) is -0.311. The molecule has 0 bridgehead atoms. The van der Waals surface area contributed by atoms with Crippen LogP contribution in [0.3, 0.4) is 0 Å². The number of carbonyl (C=O) groups is 1. The number of nitrogens with zero attached hydrogens (tertiary/aromatic N) is 5. The number of thiazole rings is 1. The first kappa shape index (κ1) is 29.5. The van der Waals surface area contributed by atoms with Gasteiger partial charge in [-0.2, -0.15) is 0 Å². The van der Waals surface area contributed by atoms with Crippen molar-refractivity contribution < 1.29 is 23.7 Å². The van der Waals surface area contributed by atoms with Crippen molar-refractivity contribution in [2.75, 3.05) is 20.3 Å². The summed E-state index contributed by atoms with van der Waals surface area (Å²) in [7, 11) is 1.60. The van der Waals surface area contributed by atoms with Gasteiger partial charge in [-0.15, -0.1) is 16.4 Å². The molecule has 2 aliphatic heterocycles. The highest BCUT2D eigenvalue weighted by molar-refractivity contribution is 8.00. The minimum atomic E-state index is -0.614. The van der Waals surface area contributed by atoms with Gasteiger partial charge in [-0.05, 0) is 13.0 Å². The van der Waals surface area contributed by atoms with E-state index in [1.807, 2.05) is 37.3 Å². The van der Waals surface area contributed by atoms with Crippen LogP contribution in [0.5, 0.6) is 0 Å². The molecule has 0 radical (unpaired) electrons. The molecule has 1 aromatic carbocycles. The number of fused-ring (bicyclic) bond motifs is 1. The number of halogens is 2. The third-order valence-electron chi connectivity index (χ3n) is 6.78.